The lowest BCUT2D eigenvalue weighted by Crippen LogP contribution is -2.13. The minimum atomic E-state index is -0.444. The largest absolute Gasteiger partial charge is 0.463 e. The number of furan rings is 1. The standard InChI is InChI=1S/C21H17Cl2NO4/c1-3-27-18(25)11-10-13-12(2)28-20-14(13)6-4-9-17(20)24-21(26)19-15(22)7-5-8-16(19)23/h4-11H,3H2,1-2H3,(H,24,26). The summed E-state index contributed by atoms with van der Waals surface area (Å²) in [5.74, 6) is -0.275. The first kappa shape index (κ1) is 20.0. The molecule has 0 aliphatic rings. The van der Waals surface area contributed by atoms with E-state index in [0.29, 0.717) is 23.6 Å². The average molecular weight is 418 g/mol. The molecular weight excluding hydrogens is 401 g/mol. The first-order chi connectivity index (χ1) is 13.4. The van der Waals surface area contributed by atoms with Crippen LogP contribution >= 0.6 is 23.2 Å². The minimum absolute atomic E-state index is 0.188. The summed E-state index contributed by atoms with van der Waals surface area (Å²) in [7, 11) is 0. The number of para-hydroxylation sites is 1. The van der Waals surface area contributed by atoms with Gasteiger partial charge in [0.1, 0.15) is 5.76 Å². The number of nitrogens with one attached hydrogen (secondary N) is 1. The van der Waals surface area contributed by atoms with Gasteiger partial charge in [-0.05, 0) is 38.1 Å². The van der Waals surface area contributed by atoms with E-state index in [0.717, 1.165) is 10.9 Å². The van der Waals surface area contributed by atoms with E-state index in [-0.39, 0.29) is 15.6 Å². The Labute approximate surface area is 171 Å². The monoisotopic (exact) mass is 417 g/mol. The van der Waals surface area contributed by atoms with Gasteiger partial charge in [-0.25, -0.2) is 4.79 Å². The SMILES string of the molecule is CCOC(=O)C=Cc1c(C)oc2c(NC(=O)c3c(Cl)cccc3Cl)cccc12. The van der Waals surface area contributed by atoms with Crippen molar-refractivity contribution in [2.45, 2.75) is 13.8 Å². The molecule has 3 aromatic rings. The quantitative estimate of drug-likeness (QED) is 0.415. The molecule has 1 aromatic heterocycles. The van der Waals surface area contributed by atoms with Gasteiger partial charge in [0.25, 0.3) is 5.91 Å². The lowest BCUT2D eigenvalue weighted by atomic mass is 10.1. The molecule has 1 N–H and O–H groups in total. The molecule has 1 heterocycles. The van der Waals surface area contributed by atoms with Crippen LogP contribution in [0.1, 0.15) is 28.6 Å². The molecule has 144 valence electrons. The number of hydrogen-bond acceptors (Lipinski definition) is 4. The number of benzene rings is 2. The molecule has 7 heteroatoms. The lowest BCUT2D eigenvalue weighted by Gasteiger charge is -2.08. The molecular formula is C21H17Cl2NO4. The van der Waals surface area contributed by atoms with Gasteiger partial charge in [-0.2, -0.15) is 0 Å². The number of aryl methyl sites for hydroxylation is 1. The van der Waals surface area contributed by atoms with E-state index in [4.69, 9.17) is 32.4 Å². The highest BCUT2D eigenvalue weighted by molar-refractivity contribution is 6.40. The zero-order chi connectivity index (χ0) is 20.3. The Morgan fingerprint density at radius 2 is 1.82 bits per heavy atom. The van der Waals surface area contributed by atoms with Crippen molar-refractivity contribution in [3.8, 4) is 0 Å². The van der Waals surface area contributed by atoms with E-state index in [1.54, 1.807) is 50.3 Å². The number of amides is 1. The third-order valence-corrected chi connectivity index (χ3v) is 4.68. The Morgan fingerprint density at radius 1 is 1.14 bits per heavy atom. The first-order valence-corrected chi connectivity index (χ1v) is 9.30. The van der Waals surface area contributed by atoms with E-state index in [1.165, 1.54) is 6.08 Å². The van der Waals surface area contributed by atoms with Crippen molar-refractivity contribution in [1.29, 1.82) is 0 Å². The second kappa shape index (κ2) is 8.50. The molecule has 0 bridgehead atoms. The molecule has 0 saturated heterocycles. The van der Waals surface area contributed by atoms with Crippen LogP contribution in [0.2, 0.25) is 10.0 Å². The van der Waals surface area contributed by atoms with Crippen molar-refractivity contribution in [2.75, 3.05) is 11.9 Å². The van der Waals surface area contributed by atoms with Crippen LogP contribution < -0.4 is 5.32 Å². The predicted octanol–water partition coefficient (Wildman–Crippen LogP) is 5.88. The van der Waals surface area contributed by atoms with Crippen LogP contribution in [-0.2, 0) is 9.53 Å². The van der Waals surface area contributed by atoms with E-state index >= 15 is 0 Å². The van der Waals surface area contributed by atoms with Gasteiger partial charge in [-0.15, -0.1) is 0 Å². The maximum Gasteiger partial charge on any atom is 0.330 e. The highest BCUT2D eigenvalue weighted by Crippen LogP contribution is 2.33. The third kappa shape index (κ3) is 4.06. The van der Waals surface area contributed by atoms with Crippen molar-refractivity contribution in [2.24, 2.45) is 0 Å². The number of fused-ring (bicyclic) bond motifs is 1. The van der Waals surface area contributed by atoms with E-state index < -0.39 is 11.9 Å². The van der Waals surface area contributed by atoms with Gasteiger partial charge in [-0.1, -0.05) is 41.4 Å². The Hall–Kier alpha value is -2.76. The average Bonchev–Trinajstić information content (AvgIpc) is 2.96. The molecule has 0 fully saturated rings. The highest BCUT2D eigenvalue weighted by Gasteiger charge is 2.18. The molecule has 5 nitrogen and oxygen atoms in total. The van der Waals surface area contributed by atoms with Gasteiger partial charge in [0.2, 0.25) is 0 Å². The van der Waals surface area contributed by atoms with Gasteiger partial charge in [0, 0.05) is 17.0 Å². The summed E-state index contributed by atoms with van der Waals surface area (Å²) in [4.78, 5) is 24.3. The smallest absolute Gasteiger partial charge is 0.330 e. The zero-order valence-corrected chi connectivity index (χ0v) is 16.7. The van der Waals surface area contributed by atoms with Gasteiger partial charge >= 0.3 is 5.97 Å². The number of ether oxygens (including phenoxy) is 1. The number of carbonyl (C=O) groups excluding carboxylic acids is 2. The molecule has 3 rings (SSSR count). The van der Waals surface area contributed by atoms with Crippen molar-refractivity contribution in [3.05, 3.63) is 69.4 Å². The topological polar surface area (TPSA) is 68.5 Å². The van der Waals surface area contributed by atoms with E-state index in [1.807, 2.05) is 6.07 Å². The van der Waals surface area contributed by atoms with Crippen LogP contribution in [0.4, 0.5) is 5.69 Å². The molecule has 0 atom stereocenters. The molecule has 0 radical (unpaired) electrons. The van der Waals surface area contributed by atoms with E-state index in [9.17, 15) is 9.59 Å². The first-order valence-electron chi connectivity index (χ1n) is 8.54. The third-order valence-electron chi connectivity index (χ3n) is 4.05. The Morgan fingerprint density at radius 3 is 2.50 bits per heavy atom. The maximum absolute atomic E-state index is 12.7. The van der Waals surface area contributed by atoms with Crippen LogP contribution in [0.25, 0.3) is 17.0 Å². The van der Waals surface area contributed by atoms with Crippen molar-refractivity contribution in [3.63, 3.8) is 0 Å². The zero-order valence-electron chi connectivity index (χ0n) is 15.2. The number of anilines is 1. The fraction of sp³-hybridized carbons (Fsp3) is 0.143. The summed E-state index contributed by atoms with van der Waals surface area (Å²) in [6, 6.07) is 10.2. The number of esters is 1. The Balaban J connectivity index is 1.97. The normalized spacial score (nSPS) is 11.1. The van der Waals surface area contributed by atoms with Crippen LogP contribution in [0.15, 0.2) is 46.9 Å². The van der Waals surface area contributed by atoms with Crippen LogP contribution in [0.3, 0.4) is 0 Å². The number of halogens is 2. The molecule has 28 heavy (non-hydrogen) atoms. The van der Waals surface area contributed by atoms with Crippen LogP contribution in [-0.4, -0.2) is 18.5 Å². The second-order valence-corrected chi connectivity index (χ2v) is 6.70. The van der Waals surface area contributed by atoms with Crippen molar-refractivity contribution < 1.29 is 18.7 Å². The molecule has 2 aromatic carbocycles. The number of carbonyl (C=O) groups is 2. The Bertz CT molecular complexity index is 1070. The summed E-state index contributed by atoms with van der Waals surface area (Å²) >= 11 is 12.2. The molecule has 1 amide bonds. The summed E-state index contributed by atoms with van der Waals surface area (Å²) < 4.78 is 10.7. The highest BCUT2D eigenvalue weighted by atomic mass is 35.5. The van der Waals surface area contributed by atoms with Crippen LogP contribution in [0, 0.1) is 6.92 Å². The summed E-state index contributed by atoms with van der Waals surface area (Å²) in [6.45, 7) is 3.82. The Kier molecular flexibility index (Phi) is 6.07. The van der Waals surface area contributed by atoms with Gasteiger partial charge in [-0.3, -0.25) is 4.79 Å². The summed E-state index contributed by atoms with van der Waals surface area (Å²) in [5, 5.41) is 4.05. The lowest BCUT2D eigenvalue weighted by molar-refractivity contribution is -0.137. The fourth-order valence-electron chi connectivity index (χ4n) is 2.80. The molecule has 0 spiro atoms. The molecule has 0 aliphatic heterocycles. The number of hydrogen-bond donors (Lipinski definition) is 1. The molecule has 0 unspecified atom stereocenters. The maximum atomic E-state index is 12.7. The summed E-state index contributed by atoms with van der Waals surface area (Å²) in [5.41, 5.74) is 1.88. The molecule has 0 aliphatic carbocycles. The predicted molar refractivity (Wildman–Crippen MR) is 111 cm³/mol. The summed E-state index contributed by atoms with van der Waals surface area (Å²) in [6.07, 6.45) is 2.98. The second-order valence-electron chi connectivity index (χ2n) is 5.89. The minimum Gasteiger partial charge on any atom is -0.463 e. The van der Waals surface area contributed by atoms with Gasteiger partial charge in [0.05, 0.1) is 27.9 Å². The van der Waals surface area contributed by atoms with Gasteiger partial charge < -0.3 is 14.5 Å². The van der Waals surface area contributed by atoms with Crippen molar-refractivity contribution >= 4 is 57.8 Å². The van der Waals surface area contributed by atoms with Crippen molar-refractivity contribution in [1.82, 2.24) is 0 Å². The molecule has 0 saturated carbocycles. The van der Waals surface area contributed by atoms with E-state index in [2.05, 4.69) is 5.32 Å². The fourth-order valence-corrected chi connectivity index (χ4v) is 3.37. The number of rotatable bonds is 5. The van der Waals surface area contributed by atoms with Crippen LogP contribution in [0.5, 0.6) is 0 Å². The van der Waals surface area contributed by atoms with Gasteiger partial charge in [0.15, 0.2) is 5.58 Å².